The third-order valence-corrected chi connectivity index (χ3v) is 3.44. The van der Waals surface area contributed by atoms with Gasteiger partial charge in [0.25, 0.3) is 0 Å². The van der Waals surface area contributed by atoms with Crippen molar-refractivity contribution in [3.05, 3.63) is 17.5 Å². The molecule has 0 saturated carbocycles. The zero-order valence-corrected chi connectivity index (χ0v) is 10.8. The third-order valence-electron chi connectivity index (χ3n) is 3.44. The molecule has 8 heteroatoms. The predicted molar refractivity (Wildman–Crippen MR) is 64.7 cm³/mol. The van der Waals surface area contributed by atoms with E-state index >= 15 is 0 Å². The summed E-state index contributed by atoms with van der Waals surface area (Å²) in [5.41, 5.74) is 0.305. The number of hydrogen-bond acceptors (Lipinski definition) is 4. The summed E-state index contributed by atoms with van der Waals surface area (Å²) in [4.78, 5) is 20.5. The van der Waals surface area contributed by atoms with Crippen molar-refractivity contribution < 1.29 is 23.1 Å². The number of aromatic carboxylic acids is 1. The molecular weight excluding hydrogens is 275 g/mol. The van der Waals surface area contributed by atoms with Crippen molar-refractivity contribution in [3.8, 4) is 0 Å². The van der Waals surface area contributed by atoms with Crippen LogP contribution in [0.1, 0.15) is 28.9 Å². The van der Waals surface area contributed by atoms with Gasteiger partial charge in [-0.25, -0.2) is 14.8 Å². The second kappa shape index (κ2) is 5.26. The molecule has 20 heavy (non-hydrogen) atoms. The van der Waals surface area contributed by atoms with Gasteiger partial charge in [-0.3, -0.25) is 0 Å². The van der Waals surface area contributed by atoms with Crippen molar-refractivity contribution in [3.63, 3.8) is 0 Å². The lowest BCUT2D eigenvalue weighted by Crippen LogP contribution is -2.39. The number of halogens is 3. The van der Waals surface area contributed by atoms with Crippen LogP contribution in [0.5, 0.6) is 0 Å². The standard InChI is InChI=1S/C12H14F3N3O2/c1-7-9(10(19)20)6-16-11(17-7)18-4-2-8(3-5-18)12(13,14)15/h6,8H,2-5H2,1H3,(H,19,20). The van der Waals surface area contributed by atoms with Crippen LogP contribution < -0.4 is 4.90 Å². The average Bonchev–Trinajstić information content (AvgIpc) is 2.37. The van der Waals surface area contributed by atoms with Crippen molar-refractivity contribution in [1.29, 1.82) is 0 Å². The molecule has 0 radical (unpaired) electrons. The first-order valence-corrected chi connectivity index (χ1v) is 6.17. The fraction of sp³-hybridized carbons (Fsp3) is 0.583. The van der Waals surface area contributed by atoms with Crippen LogP contribution >= 0.6 is 0 Å². The molecule has 2 heterocycles. The number of carboxylic acids is 1. The molecule has 0 aliphatic carbocycles. The summed E-state index contributed by atoms with van der Waals surface area (Å²) in [7, 11) is 0. The fourth-order valence-corrected chi connectivity index (χ4v) is 2.22. The first-order valence-electron chi connectivity index (χ1n) is 6.17. The molecule has 1 saturated heterocycles. The van der Waals surface area contributed by atoms with Gasteiger partial charge in [0.05, 0.1) is 17.2 Å². The molecule has 110 valence electrons. The second-order valence-electron chi connectivity index (χ2n) is 4.78. The zero-order valence-electron chi connectivity index (χ0n) is 10.8. The number of aryl methyl sites for hydroxylation is 1. The number of piperidine rings is 1. The molecule has 0 aromatic carbocycles. The van der Waals surface area contributed by atoms with Crippen molar-refractivity contribution in [2.45, 2.75) is 25.9 Å². The van der Waals surface area contributed by atoms with E-state index in [1.807, 2.05) is 0 Å². The molecule has 1 aliphatic heterocycles. The van der Waals surface area contributed by atoms with Crippen molar-refractivity contribution in [2.75, 3.05) is 18.0 Å². The zero-order chi connectivity index (χ0) is 14.9. The Balaban J connectivity index is 2.08. The Hall–Kier alpha value is -1.86. The highest BCUT2D eigenvalue weighted by Gasteiger charge is 2.41. The summed E-state index contributed by atoms with van der Waals surface area (Å²) in [5, 5.41) is 8.87. The summed E-state index contributed by atoms with van der Waals surface area (Å²) in [6.45, 7) is 1.98. The first-order chi connectivity index (χ1) is 9.29. The van der Waals surface area contributed by atoms with Crippen LogP contribution in [0, 0.1) is 12.8 Å². The topological polar surface area (TPSA) is 66.3 Å². The lowest BCUT2D eigenvalue weighted by atomic mass is 9.96. The molecule has 1 aromatic heterocycles. The van der Waals surface area contributed by atoms with E-state index < -0.39 is 18.1 Å². The number of anilines is 1. The van der Waals surface area contributed by atoms with Gasteiger partial charge in [-0.2, -0.15) is 13.2 Å². The number of carbonyl (C=O) groups is 1. The van der Waals surface area contributed by atoms with E-state index in [-0.39, 0.29) is 37.4 Å². The SMILES string of the molecule is Cc1nc(N2CCC(C(F)(F)F)CC2)ncc1C(=O)O. The second-order valence-corrected chi connectivity index (χ2v) is 4.78. The smallest absolute Gasteiger partial charge is 0.391 e. The maximum absolute atomic E-state index is 12.6. The summed E-state index contributed by atoms with van der Waals surface area (Å²) in [6, 6.07) is 0. The molecule has 2 rings (SSSR count). The van der Waals surface area contributed by atoms with Gasteiger partial charge in [-0.1, -0.05) is 0 Å². The Morgan fingerprint density at radius 3 is 2.45 bits per heavy atom. The van der Waals surface area contributed by atoms with E-state index in [1.54, 1.807) is 4.90 Å². The summed E-state index contributed by atoms with van der Waals surface area (Å²) < 4.78 is 37.7. The van der Waals surface area contributed by atoms with E-state index in [9.17, 15) is 18.0 Å². The van der Waals surface area contributed by atoms with Crippen LogP contribution in [0.4, 0.5) is 19.1 Å². The van der Waals surface area contributed by atoms with Crippen LogP contribution in [0.25, 0.3) is 0 Å². The van der Waals surface area contributed by atoms with E-state index in [2.05, 4.69) is 9.97 Å². The number of hydrogen-bond donors (Lipinski definition) is 1. The molecule has 0 bridgehead atoms. The molecule has 0 amide bonds. The lowest BCUT2D eigenvalue weighted by molar-refractivity contribution is -0.179. The highest BCUT2D eigenvalue weighted by molar-refractivity contribution is 5.88. The highest BCUT2D eigenvalue weighted by atomic mass is 19.4. The van der Waals surface area contributed by atoms with E-state index in [1.165, 1.54) is 13.1 Å². The Kier molecular flexibility index (Phi) is 3.82. The van der Waals surface area contributed by atoms with Crippen LogP contribution in [0.3, 0.4) is 0 Å². The number of alkyl halides is 3. The molecule has 0 spiro atoms. The molecule has 1 aromatic rings. The molecule has 1 fully saturated rings. The molecule has 5 nitrogen and oxygen atoms in total. The van der Waals surface area contributed by atoms with Gasteiger partial charge in [-0.05, 0) is 19.8 Å². The number of carboxylic acid groups (broad SMARTS) is 1. The van der Waals surface area contributed by atoms with Gasteiger partial charge < -0.3 is 10.0 Å². The Labute approximate surface area is 113 Å². The Morgan fingerprint density at radius 1 is 1.40 bits per heavy atom. The van der Waals surface area contributed by atoms with Crippen LogP contribution in [-0.4, -0.2) is 40.3 Å². The largest absolute Gasteiger partial charge is 0.478 e. The normalized spacial score (nSPS) is 17.3. The summed E-state index contributed by atoms with van der Waals surface area (Å²) in [5.74, 6) is -2.11. The summed E-state index contributed by atoms with van der Waals surface area (Å²) >= 11 is 0. The molecule has 1 N–H and O–H groups in total. The fourth-order valence-electron chi connectivity index (χ4n) is 2.22. The maximum Gasteiger partial charge on any atom is 0.391 e. The molecule has 1 aliphatic rings. The first kappa shape index (κ1) is 14.5. The van der Waals surface area contributed by atoms with E-state index in [4.69, 9.17) is 5.11 Å². The van der Waals surface area contributed by atoms with Crippen LogP contribution in [-0.2, 0) is 0 Å². The molecule has 0 unspecified atom stereocenters. The van der Waals surface area contributed by atoms with E-state index in [0.29, 0.717) is 5.69 Å². The Bertz CT molecular complexity index is 511. The van der Waals surface area contributed by atoms with Gasteiger partial charge in [0, 0.05) is 19.3 Å². The van der Waals surface area contributed by atoms with Crippen molar-refractivity contribution >= 4 is 11.9 Å². The summed E-state index contributed by atoms with van der Waals surface area (Å²) in [6.07, 6.45) is -2.95. The van der Waals surface area contributed by atoms with Crippen molar-refractivity contribution in [2.24, 2.45) is 5.92 Å². The van der Waals surface area contributed by atoms with Crippen molar-refractivity contribution in [1.82, 2.24) is 9.97 Å². The predicted octanol–water partition coefficient (Wildman–Crippen LogP) is 2.26. The van der Waals surface area contributed by atoms with Gasteiger partial charge in [0.1, 0.15) is 0 Å². The number of rotatable bonds is 2. The minimum Gasteiger partial charge on any atom is -0.478 e. The van der Waals surface area contributed by atoms with Gasteiger partial charge in [0.2, 0.25) is 5.95 Å². The average molecular weight is 289 g/mol. The maximum atomic E-state index is 12.6. The van der Waals surface area contributed by atoms with Gasteiger partial charge in [-0.15, -0.1) is 0 Å². The number of nitrogens with zero attached hydrogens (tertiary/aromatic N) is 3. The number of aromatic nitrogens is 2. The van der Waals surface area contributed by atoms with Gasteiger partial charge >= 0.3 is 12.1 Å². The molecule has 0 atom stereocenters. The van der Waals surface area contributed by atoms with E-state index in [0.717, 1.165) is 0 Å². The highest BCUT2D eigenvalue weighted by Crippen LogP contribution is 2.34. The van der Waals surface area contributed by atoms with Gasteiger partial charge in [0.15, 0.2) is 0 Å². The lowest BCUT2D eigenvalue weighted by Gasteiger charge is -2.32. The monoisotopic (exact) mass is 289 g/mol. The minimum atomic E-state index is -4.16. The third kappa shape index (κ3) is 3.00. The van der Waals surface area contributed by atoms with Crippen LogP contribution in [0.15, 0.2) is 6.20 Å². The Morgan fingerprint density at radius 2 is 2.00 bits per heavy atom. The quantitative estimate of drug-likeness (QED) is 0.904. The molecular formula is C12H14F3N3O2. The minimum absolute atomic E-state index is 0.000993. The van der Waals surface area contributed by atoms with Crippen LogP contribution in [0.2, 0.25) is 0 Å².